The number of carbonyl (C=O) groups excluding carboxylic acids is 1. The Morgan fingerprint density at radius 2 is 1.29 bits per heavy atom. The van der Waals surface area contributed by atoms with Crippen LogP contribution in [0.1, 0.15) is 28.2 Å². The fraction of sp³-hybridized carbons (Fsp3) is 0.184. The van der Waals surface area contributed by atoms with Crippen molar-refractivity contribution < 1.29 is 22.9 Å². The molecular formula is C38H32BrN3O6S. The summed E-state index contributed by atoms with van der Waals surface area (Å²) >= 11 is 3.51. The maximum atomic E-state index is 14.0. The monoisotopic (exact) mass is 737 g/mol. The van der Waals surface area contributed by atoms with Crippen molar-refractivity contribution >= 4 is 37.5 Å². The molecule has 2 heterocycles. The first-order valence-corrected chi connectivity index (χ1v) is 18.1. The highest BCUT2D eigenvalue weighted by molar-refractivity contribution is 9.10. The Hall–Kier alpha value is -4.68. The molecule has 1 amide bonds. The average molecular weight is 739 g/mol. The number of amides is 1. The highest BCUT2D eigenvalue weighted by Gasteiger charge is 2.57. The first-order valence-electron chi connectivity index (χ1n) is 15.8. The van der Waals surface area contributed by atoms with Crippen LogP contribution >= 0.6 is 15.9 Å². The molecule has 3 atom stereocenters. The first kappa shape index (κ1) is 32.8. The number of benzene rings is 5. The van der Waals surface area contributed by atoms with Gasteiger partial charge in [-0.1, -0.05) is 131 Å². The summed E-state index contributed by atoms with van der Waals surface area (Å²) in [5, 5.41) is 11.7. The van der Waals surface area contributed by atoms with E-state index in [9.17, 15) is 23.3 Å². The van der Waals surface area contributed by atoms with Gasteiger partial charge < -0.3 is 9.64 Å². The van der Waals surface area contributed by atoms with E-state index in [0.717, 1.165) is 37.1 Å². The zero-order valence-electron chi connectivity index (χ0n) is 26.2. The third-order valence-corrected chi connectivity index (χ3v) is 11.9. The van der Waals surface area contributed by atoms with Crippen molar-refractivity contribution in [1.29, 1.82) is 0 Å². The zero-order chi connectivity index (χ0) is 34.2. The predicted octanol–water partition coefficient (Wildman–Crippen LogP) is 6.73. The second-order valence-electron chi connectivity index (χ2n) is 12.1. The molecule has 0 bridgehead atoms. The van der Waals surface area contributed by atoms with Crippen LogP contribution in [-0.4, -0.2) is 60.2 Å². The Kier molecular flexibility index (Phi) is 8.93. The molecule has 0 aliphatic carbocycles. The van der Waals surface area contributed by atoms with Crippen molar-refractivity contribution in [2.45, 2.75) is 28.5 Å². The van der Waals surface area contributed by atoms with Gasteiger partial charge in [-0.2, -0.15) is 4.31 Å². The Bertz CT molecular complexity index is 1990. The van der Waals surface area contributed by atoms with Gasteiger partial charge in [0.2, 0.25) is 15.9 Å². The second-order valence-corrected chi connectivity index (χ2v) is 14.9. The lowest BCUT2D eigenvalue weighted by Gasteiger charge is -2.59. The quantitative estimate of drug-likeness (QED) is 0.0893. The molecule has 2 saturated heterocycles. The van der Waals surface area contributed by atoms with Crippen LogP contribution in [0, 0.1) is 10.1 Å². The summed E-state index contributed by atoms with van der Waals surface area (Å²) < 4.78 is 36.8. The Balaban J connectivity index is 1.27. The lowest BCUT2D eigenvalue weighted by atomic mass is 9.73. The number of ether oxygens (including phenoxy) is 1. The third kappa shape index (κ3) is 5.86. The number of nitro benzene ring substituents is 1. The SMILES string of the molecule is O=C1CN(S(=O)(=O)c2ccccc2[N+](=O)[O-])C[C@@H]2[C@H](c3ccc(Br)cc3)[C@@H](COC(c3ccccc3)(c3ccccc3)c3ccccc3)N12. The number of nitrogens with zero attached hydrogens (tertiary/aromatic N) is 3. The number of carbonyl (C=O) groups is 1. The molecule has 2 fully saturated rings. The van der Waals surface area contributed by atoms with Crippen molar-refractivity contribution in [2.24, 2.45) is 0 Å². The van der Waals surface area contributed by atoms with Gasteiger partial charge in [-0.3, -0.25) is 14.9 Å². The fourth-order valence-electron chi connectivity index (χ4n) is 7.26. The second kappa shape index (κ2) is 13.3. The van der Waals surface area contributed by atoms with E-state index < -0.39 is 49.8 Å². The number of hydrogen-bond acceptors (Lipinski definition) is 6. The molecule has 49 heavy (non-hydrogen) atoms. The van der Waals surface area contributed by atoms with E-state index in [-0.39, 0.29) is 25.0 Å². The van der Waals surface area contributed by atoms with Gasteiger partial charge in [0.15, 0.2) is 4.90 Å². The third-order valence-electron chi connectivity index (χ3n) is 9.48. The molecule has 2 aliphatic rings. The van der Waals surface area contributed by atoms with E-state index in [1.54, 1.807) is 4.90 Å². The molecule has 11 heteroatoms. The van der Waals surface area contributed by atoms with Crippen molar-refractivity contribution in [2.75, 3.05) is 19.7 Å². The minimum atomic E-state index is -4.36. The van der Waals surface area contributed by atoms with E-state index in [0.29, 0.717) is 0 Å². The molecule has 5 aromatic rings. The largest absolute Gasteiger partial charge is 0.359 e. The Morgan fingerprint density at radius 3 is 1.82 bits per heavy atom. The topological polar surface area (TPSA) is 110 Å². The van der Waals surface area contributed by atoms with Crippen LogP contribution < -0.4 is 0 Å². The molecule has 0 N–H and O–H groups in total. The van der Waals surface area contributed by atoms with Crippen LogP contribution in [0.15, 0.2) is 149 Å². The van der Waals surface area contributed by atoms with Crippen LogP contribution in [-0.2, 0) is 25.2 Å². The first-order chi connectivity index (χ1) is 23.7. The standard InChI is InChI=1S/C38H32BrN3O6S/c39-31-22-20-27(21-23-31)37-33-24-40(49(46,47)35-19-11-10-18-32(35)42(44)45)25-36(43)41(33)34(37)26-48-38(28-12-4-1-5-13-28,29-14-6-2-7-15-29)30-16-8-3-9-17-30/h1-23,33-34,37H,24-26H2/t33-,34-,37+/m1/s1. The predicted molar refractivity (Wildman–Crippen MR) is 188 cm³/mol. The summed E-state index contributed by atoms with van der Waals surface area (Å²) in [6.07, 6.45) is 0. The highest BCUT2D eigenvalue weighted by Crippen LogP contribution is 2.47. The van der Waals surface area contributed by atoms with Crippen LogP contribution in [0.4, 0.5) is 5.69 Å². The lowest BCUT2D eigenvalue weighted by Crippen LogP contribution is -2.73. The van der Waals surface area contributed by atoms with Crippen LogP contribution in [0.5, 0.6) is 0 Å². The number of sulfonamides is 1. The number of piperazine rings is 1. The minimum Gasteiger partial charge on any atom is -0.359 e. The van der Waals surface area contributed by atoms with Crippen LogP contribution in [0.25, 0.3) is 0 Å². The summed E-state index contributed by atoms with van der Waals surface area (Å²) in [4.78, 5) is 26.3. The molecule has 0 aromatic heterocycles. The van der Waals surface area contributed by atoms with E-state index in [1.807, 2.05) is 115 Å². The highest BCUT2D eigenvalue weighted by atomic mass is 79.9. The number of halogens is 1. The molecule has 7 rings (SSSR count). The van der Waals surface area contributed by atoms with Crippen molar-refractivity contribution in [3.05, 3.63) is 176 Å². The normalized spacial score (nSPS) is 19.6. The molecular weight excluding hydrogens is 706 g/mol. The molecule has 248 valence electrons. The van der Waals surface area contributed by atoms with E-state index >= 15 is 0 Å². The van der Waals surface area contributed by atoms with Gasteiger partial charge in [0, 0.05) is 23.0 Å². The van der Waals surface area contributed by atoms with E-state index in [4.69, 9.17) is 4.74 Å². The molecule has 2 aliphatic heterocycles. The Morgan fingerprint density at radius 1 is 0.776 bits per heavy atom. The van der Waals surface area contributed by atoms with E-state index in [1.165, 1.54) is 18.2 Å². The van der Waals surface area contributed by atoms with E-state index in [2.05, 4.69) is 15.9 Å². The summed E-state index contributed by atoms with van der Waals surface area (Å²) in [5.41, 5.74) is 2.17. The number of fused-ring (bicyclic) bond motifs is 1. The van der Waals surface area contributed by atoms with Gasteiger partial charge in [-0.25, -0.2) is 8.42 Å². The van der Waals surface area contributed by atoms with Gasteiger partial charge in [0.05, 0.1) is 30.2 Å². The van der Waals surface area contributed by atoms with Gasteiger partial charge in [-0.05, 0) is 40.5 Å². The van der Waals surface area contributed by atoms with Crippen molar-refractivity contribution in [3.63, 3.8) is 0 Å². The maximum absolute atomic E-state index is 14.0. The summed E-state index contributed by atoms with van der Waals surface area (Å²) in [7, 11) is -4.36. The fourth-order valence-corrected chi connectivity index (χ4v) is 9.09. The average Bonchev–Trinajstić information content (AvgIpc) is 3.12. The van der Waals surface area contributed by atoms with Gasteiger partial charge in [-0.15, -0.1) is 0 Å². The van der Waals surface area contributed by atoms with Gasteiger partial charge >= 0.3 is 0 Å². The summed E-state index contributed by atoms with van der Waals surface area (Å²) in [6.45, 7) is -0.299. The smallest absolute Gasteiger partial charge is 0.289 e. The lowest BCUT2D eigenvalue weighted by molar-refractivity contribution is -0.387. The molecule has 0 spiro atoms. The summed E-state index contributed by atoms with van der Waals surface area (Å²) in [6, 6.07) is 42.0. The molecule has 0 saturated carbocycles. The number of rotatable bonds is 10. The zero-order valence-corrected chi connectivity index (χ0v) is 28.6. The Labute approximate surface area is 293 Å². The van der Waals surface area contributed by atoms with Crippen LogP contribution in [0.3, 0.4) is 0 Å². The van der Waals surface area contributed by atoms with Crippen LogP contribution in [0.2, 0.25) is 0 Å². The van der Waals surface area contributed by atoms with Crippen molar-refractivity contribution in [1.82, 2.24) is 9.21 Å². The van der Waals surface area contributed by atoms with Gasteiger partial charge in [0.25, 0.3) is 5.69 Å². The minimum absolute atomic E-state index is 0.0153. The molecule has 0 radical (unpaired) electrons. The molecule has 5 aromatic carbocycles. The summed E-state index contributed by atoms with van der Waals surface area (Å²) in [5.74, 6) is -0.661. The maximum Gasteiger partial charge on any atom is 0.289 e. The van der Waals surface area contributed by atoms with Gasteiger partial charge in [0.1, 0.15) is 5.60 Å². The number of nitro groups is 1. The molecule has 0 unspecified atom stereocenters. The van der Waals surface area contributed by atoms with Crippen molar-refractivity contribution in [3.8, 4) is 0 Å². The molecule has 9 nitrogen and oxygen atoms in total. The number of para-hydroxylation sites is 1. The number of hydrogen-bond donors (Lipinski definition) is 0.